The van der Waals surface area contributed by atoms with Crippen molar-refractivity contribution < 1.29 is 4.74 Å². The summed E-state index contributed by atoms with van der Waals surface area (Å²) in [5.74, 6) is 1.91. The number of guanidine groups is 1. The van der Waals surface area contributed by atoms with Crippen molar-refractivity contribution in [2.45, 2.75) is 13.5 Å². The van der Waals surface area contributed by atoms with Gasteiger partial charge in [0.05, 0.1) is 13.2 Å². The van der Waals surface area contributed by atoms with Crippen LogP contribution in [0.4, 0.5) is 5.82 Å². The maximum Gasteiger partial charge on any atom is 0.191 e. The van der Waals surface area contributed by atoms with E-state index in [4.69, 9.17) is 4.74 Å². The molecular formula is C20H35N7O. The molecule has 0 bridgehead atoms. The summed E-state index contributed by atoms with van der Waals surface area (Å²) in [6, 6.07) is 4.26. The quantitative estimate of drug-likeness (QED) is 0.511. The third-order valence-electron chi connectivity index (χ3n) is 5.46. The second-order valence-corrected chi connectivity index (χ2v) is 7.25. The van der Waals surface area contributed by atoms with E-state index in [0.717, 1.165) is 90.4 Å². The normalized spacial score (nSPS) is 19.6. The van der Waals surface area contributed by atoms with Crippen molar-refractivity contribution in [3.63, 3.8) is 0 Å². The number of likely N-dealkylation sites (N-methyl/N-ethyl adjacent to an activating group) is 1. The van der Waals surface area contributed by atoms with Crippen LogP contribution in [0.25, 0.3) is 0 Å². The lowest BCUT2D eigenvalue weighted by Crippen LogP contribution is -2.46. The summed E-state index contributed by atoms with van der Waals surface area (Å²) in [5.41, 5.74) is 1.22. The Bertz CT molecular complexity index is 610. The summed E-state index contributed by atoms with van der Waals surface area (Å²) in [4.78, 5) is 16.2. The van der Waals surface area contributed by atoms with Crippen molar-refractivity contribution in [3.8, 4) is 0 Å². The van der Waals surface area contributed by atoms with Gasteiger partial charge in [0.1, 0.15) is 5.82 Å². The maximum absolute atomic E-state index is 5.39. The standard InChI is InChI=1S/C20H35N7O/c1-3-25-8-10-27(11-9-25)19-16-18(4-5-22-19)17-24-20(21-2)23-6-7-26-12-14-28-15-13-26/h4-5,16H,3,6-15,17H2,1-2H3,(H2,21,23,24). The van der Waals surface area contributed by atoms with Crippen LogP contribution in [0.3, 0.4) is 0 Å². The van der Waals surface area contributed by atoms with E-state index in [1.54, 1.807) is 0 Å². The monoisotopic (exact) mass is 389 g/mol. The number of aromatic nitrogens is 1. The molecule has 0 radical (unpaired) electrons. The van der Waals surface area contributed by atoms with Gasteiger partial charge in [0.25, 0.3) is 0 Å². The van der Waals surface area contributed by atoms with E-state index in [0.29, 0.717) is 0 Å². The number of aliphatic imine (C=N–C) groups is 1. The molecule has 2 N–H and O–H groups in total. The summed E-state index contributed by atoms with van der Waals surface area (Å²) >= 11 is 0. The molecule has 0 aromatic carbocycles. The van der Waals surface area contributed by atoms with Crippen molar-refractivity contribution in [1.29, 1.82) is 0 Å². The molecule has 156 valence electrons. The van der Waals surface area contributed by atoms with Crippen molar-refractivity contribution in [3.05, 3.63) is 23.9 Å². The Morgan fingerprint density at radius 2 is 1.89 bits per heavy atom. The minimum Gasteiger partial charge on any atom is -0.379 e. The summed E-state index contributed by atoms with van der Waals surface area (Å²) in [7, 11) is 1.81. The van der Waals surface area contributed by atoms with E-state index in [-0.39, 0.29) is 0 Å². The predicted molar refractivity (Wildman–Crippen MR) is 114 cm³/mol. The Hall–Kier alpha value is -1.90. The van der Waals surface area contributed by atoms with Gasteiger partial charge in [0, 0.05) is 72.1 Å². The highest BCUT2D eigenvalue weighted by atomic mass is 16.5. The predicted octanol–water partition coefficient (Wildman–Crippen LogP) is 0.221. The highest BCUT2D eigenvalue weighted by Gasteiger charge is 2.17. The molecular weight excluding hydrogens is 354 g/mol. The van der Waals surface area contributed by atoms with Crippen molar-refractivity contribution in [1.82, 2.24) is 25.4 Å². The summed E-state index contributed by atoms with van der Waals surface area (Å²) in [6.45, 7) is 14.0. The SMILES string of the molecule is CCN1CCN(c2cc(CNC(=NC)NCCN3CCOCC3)ccn2)CC1. The van der Waals surface area contributed by atoms with E-state index in [1.165, 1.54) is 5.56 Å². The highest BCUT2D eigenvalue weighted by Crippen LogP contribution is 2.15. The lowest BCUT2D eigenvalue weighted by Gasteiger charge is -2.34. The first-order valence-corrected chi connectivity index (χ1v) is 10.5. The van der Waals surface area contributed by atoms with Gasteiger partial charge in [-0.2, -0.15) is 0 Å². The molecule has 1 aromatic rings. The van der Waals surface area contributed by atoms with E-state index in [2.05, 4.69) is 54.4 Å². The van der Waals surface area contributed by atoms with Gasteiger partial charge in [0.2, 0.25) is 0 Å². The largest absolute Gasteiger partial charge is 0.379 e. The molecule has 0 saturated carbocycles. The van der Waals surface area contributed by atoms with Gasteiger partial charge in [-0.15, -0.1) is 0 Å². The first-order valence-electron chi connectivity index (χ1n) is 10.5. The van der Waals surface area contributed by atoms with E-state index in [1.807, 2.05) is 13.2 Å². The fourth-order valence-electron chi connectivity index (χ4n) is 3.60. The third kappa shape index (κ3) is 6.32. The number of nitrogens with zero attached hydrogens (tertiary/aromatic N) is 5. The molecule has 3 rings (SSSR count). The number of piperazine rings is 1. The molecule has 0 unspecified atom stereocenters. The summed E-state index contributed by atoms with van der Waals surface area (Å²) < 4.78 is 5.39. The third-order valence-corrected chi connectivity index (χ3v) is 5.46. The number of rotatable bonds is 7. The molecule has 2 saturated heterocycles. The topological polar surface area (TPSA) is 68.3 Å². The number of anilines is 1. The lowest BCUT2D eigenvalue weighted by atomic mass is 10.2. The second kappa shape index (κ2) is 11.2. The molecule has 8 heteroatoms. The molecule has 3 heterocycles. The minimum absolute atomic E-state index is 0.738. The van der Waals surface area contributed by atoms with Crippen LogP contribution in [0.2, 0.25) is 0 Å². The number of nitrogens with one attached hydrogen (secondary N) is 2. The molecule has 2 aliphatic rings. The number of pyridine rings is 1. The van der Waals surface area contributed by atoms with Crippen LogP contribution >= 0.6 is 0 Å². The molecule has 0 amide bonds. The fraction of sp³-hybridized carbons (Fsp3) is 0.700. The van der Waals surface area contributed by atoms with Crippen LogP contribution in [0.1, 0.15) is 12.5 Å². The second-order valence-electron chi connectivity index (χ2n) is 7.25. The van der Waals surface area contributed by atoms with Crippen molar-refractivity contribution in [2.24, 2.45) is 4.99 Å². The zero-order valence-corrected chi connectivity index (χ0v) is 17.4. The number of morpholine rings is 1. The zero-order valence-electron chi connectivity index (χ0n) is 17.4. The molecule has 2 fully saturated rings. The van der Waals surface area contributed by atoms with Crippen LogP contribution in [0.15, 0.2) is 23.3 Å². The number of ether oxygens (including phenoxy) is 1. The first kappa shape index (κ1) is 20.8. The lowest BCUT2D eigenvalue weighted by molar-refractivity contribution is 0.0389. The van der Waals surface area contributed by atoms with Crippen molar-refractivity contribution >= 4 is 11.8 Å². The Morgan fingerprint density at radius 3 is 2.61 bits per heavy atom. The molecule has 1 aromatic heterocycles. The van der Waals surface area contributed by atoms with Gasteiger partial charge in [-0.3, -0.25) is 9.89 Å². The highest BCUT2D eigenvalue weighted by molar-refractivity contribution is 5.79. The molecule has 28 heavy (non-hydrogen) atoms. The fourth-order valence-corrected chi connectivity index (χ4v) is 3.60. The molecule has 8 nitrogen and oxygen atoms in total. The molecule has 2 aliphatic heterocycles. The van der Waals surface area contributed by atoms with Crippen LogP contribution in [-0.4, -0.2) is 99.9 Å². The number of hydrogen-bond donors (Lipinski definition) is 2. The van der Waals surface area contributed by atoms with E-state index >= 15 is 0 Å². The average molecular weight is 390 g/mol. The average Bonchev–Trinajstić information content (AvgIpc) is 2.77. The van der Waals surface area contributed by atoms with Gasteiger partial charge < -0.3 is 25.2 Å². The van der Waals surface area contributed by atoms with Crippen LogP contribution < -0.4 is 15.5 Å². The Morgan fingerprint density at radius 1 is 1.11 bits per heavy atom. The molecule has 0 atom stereocenters. The van der Waals surface area contributed by atoms with Gasteiger partial charge in [-0.05, 0) is 24.2 Å². The summed E-state index contributed by atoms with van der Waals surface area (Å²) in [6.07, 6.45) is 1.91. The van der Waals surface area contributed by atoms with Crippen LogP contribution in [-0.2, 0) is 11.3 Å². The molecule has 0 spiro atoms. The zero-order chi connectivity index (χ0) is 19.6. The van der Waals surface area contributed by atoms with Gasteiger partial charge in [0.15, 0.2) is 5.96 Å². The Kier molecular flexibility index (Phi) is 8.32. The van der Waals surface area contributed by atoms with Gasteiger partial charge in [-0.1, -0.05) is 6.92 Å². The smallest absolute Gasteiger partial charge is 0.191 e. The Labute approximate surface area is 169 Å². The summed E-state index contributed by atoms with van der Waals surface area (Å²) in [5, 5.41) is 6.81. The van der Waals surface area contributed by atoms with E-state index in [9.17, 15) is 0 Å². The number of hydrogen-bond acceptors (Lipinski definition) is 6. The maximum atomic E-state index is 5.39. The van der Waals surface area contributed by atoms with Gasteiger partial charge >= 0.3 is 0 Å². The van der Waals surface area contributed by atoms with Crippen molar-refractivity contribution in [2.75, 3.05) is 84.1 Å². The molecule has 0 aliphatic carbocycles. The minimum atomic E-state index is 0.738. The van der Waals surface area contributed by atoms with Crippen LogP contribution in [0, 0.1) is 0 Å². The Balaban J connectivity index is 1.42. The van der Waals surface area contributed by atoms with Crippen LogP contribution in [0.5, 0.6) is 0 Å². The van der Waals surface area contributed by atoms with Gasteiger partial charge in [-0.25, -0.2) is 4.98 Å². The van der Waals surface area contributed by atoms with E-state index < -0.39 is 0 Å². The first-order chi connectivity index (χ1) is 13.8.